The highest BCUT2D eigenvalue weighted by Gasteiger charge is 2.26. The smallest absolute Gasteiger partial charge is 0.308 e. The Balaban J connectivity index is 2.09. The van der Waals surface area contributed by atoms with Crippen molar-refractivity contribution in [3.63, 3.8) is 0 Å². The number of anilines is 1. The van der Waals surface area contributed by atoms with Crippen LogP contribution in [-0.4, -0.2) is 30.5 Å². The first-order chi connectivity index (χ1) is 7.70. The second kappa shape index (κ2) is 4.38. The molecule has 1 aromatic heterocycles. The number of carbonyl (C=O) groups is 2. The Labute approximate surface area is 92.7 Å². The van der Waals surface area contributed by atoms with Crippen molar-refractivity contribution in [1.82, 2.24) is 0 Å². The van der Waals surface area contributed by atoms with Crippen LogP contribution in [0.2, 0.25) is 0 Å². The lowest BCUT2D eigenvalue weighted by atomic mass is 9.98. The maximum Gasteiger partial charge on any atom is 0.308 e. The SMILES string of the molecule is O=Cc1ccc(N2CCC[C@@H](C(=O)O)C2)o1. The number of carbonyl (C=O) groups excluding carboxylic acids is 1. The molecule has 0 radical (unpaired) electrons. The molecule has 0 saturated carbocycles. The quantitative estimate of drug-likeness (QED) is 0.784. The van der Waals surface area contributed by atoms with E-state index in [0.29, 0.717) is 25.1 Å². The maximum atomic E-state index is 10.9. The van der Waals surface area contributed by atoms with Crippen LogP contribution < -0.4 is 4.90 Å². The van der Waals surface area contributed by atoms with E-state index in [4.69, 9.17) is 9.52 Å². The monoisotopic (exact) mass is 223 g/mol. The molecule has 2 heterocycles. The molecule has 0 spiro atoms. The van der Waals surface area contributed by atoms with Crippen LogP contribution in [0.4, 0.5) is 5.88 Å². The maximum absolute atomic E-state index is 10.9. The van der Waals surface area contributed by atoms with E-state index in [0.717, 1.165) is 13.0 Å². The van der Waals surface area contributed by atoms with E-state index in [-0.39, 0.29) is 11.7 Å². The van der Waals surface area contributed by atoms with Crippen molar-refractivity contribution in [2.45, 2.75) is 12.8 Å². The molecule has 0 unspecified atom stereocenters. The Morgan fingerprint density at radius 3 is 3.00 bits per heavy atom. The number of rotatable bonds is 3. The zero-order valence-corrected chi connectivity index (χ0v) is 8.76. The van der Waals surface area contributed by atoms with Gasteiger partial charge in [-0.2, -0.15) is 0 Å². The van der Waals surface area contributed by atoms with Gasteiger partial charge in [0.25, 0.3) is 0 Å². The average Bonchev–Trinajstić information content (AvgIpc) is 2.77. The fourth-order valence-electron chi connectivity index (χ4n) is 1.95. The Hall–Kier alpha value is -1.78. The summed E-state index contributed by atoms with van der Waals surface area (Å²) in [5.41, 5.74) is 0. The second-order valence-corrected chi connectivity index (χ2v) is 3.92. The van der Waals surface area contributed by atoms with E-state index in [1.807, 2.05) is 4.90 Å². The lowest BCUT2D eigenvalue weighted by Crippen LogP contribution is -2.38. The van der Waals surface area contributed by atoms with Gasteiger partial charge in [-0.05, 0) is 18.9 Å². The number of nitrogens with zero attached hydrogens (tertiary/aromatic N) is 1. The summed E-state index contributed by atoms with van der Waals surface area (Å²) < 4.78 is 5.27. The van der Waals surface area contributed by atoms with Gasteiger partial charge in [-0.3, -0.25) is 9.59 Å². The number of piperidine rings is 1. The highest BCUT2D eigenvalue weighted by molar-refractivity contribution is 5.72. The molecule has 0 aromatic carbocycles. The van der Waals surface area contributed by atoms with Gasteiger partial charge in [0.15, 0.2) is 17.9 Å². The largest absolute Gasteiger partial charge is 0.481 e. The average molecular weight is 223 g/mol. The lowest BCUT2D eigenvalue weighted by Gasteiger charge is -2.30. The Kier molecular flexibility index (Phi) is 2.94. The molecule has 86 valence electrons. The number of carboxylic acid groups (broad SMARTS) is 1. The minimum Gasteiger partial charge on any atom is -0.481 e. The predicted molar refractivity (Wildman–Crippen MR) is 56.7 cm³/mol. The first kappa shape index (κ1) is 10.7. The van der Waals surface area contributed by atoms with E-state index < -0.39 is 5.97 Å². The van der Waals surface area contributed by atoms with Crippen molar-refractivity contribution >= 4 is 18.1 Å². The first-order valence-corrected chi connectivity index (χ1v) is 5.23. The lowest BCUT2D eigenvalue weighted by molar-refractivity contribution is -0.141. The van der Waals surface area contributed by atoms with Crippen LogP contribution in [0.5, 0.6) is 0 Å². The fourth-order valence-corrected chi connectivity index (χ4v) is 1.95. The van der Waals surface area contributed by atoms with Gasteiger partial charge < -0.3 is 14.4 Å². The van der Waals surface area contributed by atoms with Crippen molar-refractivity contribution in [2.24, 2.45) is 5.92 Å². The number of carboxylic acids is 1. The van der Waals surface area contributed by atoms with Crippen LogP contribution in [0.15, 0.2) is 16.5 Å². The third-order valence-corrected chi connectivity index (χ3v) is 2.81. The van der Waals surface area contributed by atoms with Gasteiger partial charge in [0.05, 0.1) is 5.92 Å². The Bertz CT molecular complexity index is 398. The summed E-state index contributed by atoms with van der Waals surface area (Å²) in [5, 5.41) is 8.94. The molecule has 2 rings (SSSR count). The molecule has 1 fully saturated rings. The topological polar surface area (TPSA) is 70.8 Å². The van der Waals surface area contributed by atoms with Crippen LogP contribution in [0.3, 0.4) is 0 Å². The molecule has 5 heteroatoms. The van der Waals surface area contributed by atoms with Gasteiger partial charge >= 0.3 is 5.97 Å². The number of hydrogen-bond donors (Lipinski definition) is 1. The van der Waals surface area contributed by atoms with E-state index in [1.165, 1.54) is 0 Å². The zero-order chi connectivity index (χ0) is 11.5. The zero-order valence-electron chi connectivity index (χ0n) is 8.76. The molecule has 0 amide bonds. The van der Waals surface area contributed by atoms with Gasteiger partial charge in [0.1, 0.15) is 0 Å². The van der Waals surface area contributed by atoms with Gasteiger partial charge in [0.2, 0.25) is 0 Å². The molecule has 0 aliphatic carbocycles. The summed E-state index contributed by atoms with van der Waals surface area (Å²) in [6.07, 6.45) is 2.17. The van der Waals surface area contributed by atoms with Gasteiger partial charge in [-0.25, -0.2) is 0 Å². The molecule has 1 aromatic rings. The van der Waals surface area contributed by atoms with E-state index >= 15 is 0 Å². The molecule has 0 bridgehead atoms. The van der Waals surface area contributed by atoms with Crippen molar-refractivity contribution in [1.29, 1.82) is 0 Å². The highest BCUT2D eigenvalue weighted by Crippen LogP contribution is 2.24. The van der Waals surface area contributed by atoms with Crippen LogP contribution in [0.1, 0.15) is 23.4 Å². The molecule has 1 aliphatic rings. The van der Waals surface area contributed by atoms with Crippen LogP contribution in [0, 0.1) is 5.92 Å². The molecule has 1 N–H and O–H groups in total. The summed E-state index contributed by atoms with van der Waals surface area (Å²) in [4.78, 5) is 23.2. The first-order valence-electron chi connectivity index (χ1n) is 5.23. The predicted octanol–water partition coefficient (Wildman–Crippen LogP) is 1.39. The van der Waals surface area contributed by atoms with Crippen molar-refractivity contribution in [3.05, 3.63) is 17.9 Å². The van der Waals surface area contributed by atoms with Crippen LogP contribution in [0.25, 0.3) is 0 Å². The molecule has 1 aliphatic heterocycles. The standard InChI is InChI=1S/C11H13NO4/c13-7-9-3-4-10(16-9)12-5-1-2-8(6-12)11(14)15/h3-4,7-8H,1-2,5-6H2,(H,14,15)/t8-/m1/s1. The minimum atomic E-state index is -0.771. The van der Waals surface area contributed by atoms with Crippen LogP contribution >= 0.6 is 0 Å². The summed E-state index contributed by atoms with van der Waals surface area (Å²) in [5.74, 6) is -0.272. The highest BCUT2D eigenvalue weighted by atomic mass is 16.4. The normalized spacial score (nSPS) is 20.8. The van der Waals surface area contributed by atoms with Crippen molar-refractivity contribution in [3.8, 4) is 0 Å². The summed E-state index contributed by atoms with van der Waals surface area (Å²) in [6.45, 7) is 1.22. The number of furan rings is 1. The van der Waals surface area contributed by atoms with E-state index in [9.17, 15) is 9.59 Å². The Morgan fingerprint density at radius 1 is 1.56 bits per heavy atom. The molecule has 5 nitrogen and oxygen atoms in total. The van der Waals surface area contributed by atoms with Gasteiger partial charge in [0, 0.05) is 19.2 Å². The third kappa shape index (κ3) is 2.08. The summed E-state index contributed by atoms with van der Waals surface area (Å²) >= 11 is 0. The van der Waals surface area contributed by atoms with Gasteiger partial charge in [-0.1, -0.05) is 0 Å². The number of aliphatic carboxylic acids is 1. The molecule has 16 heavy (non-hydrogen) atoms. The fraction of sp³-hybridized carbons (Fsp3) is 0.455. The minimum absolute atomic E-state index is 0.271. The van der Waals surface area contributed by atoms with Crippen molar-refractivity contribution < 1.29 is 19.1 Å². The summed E-state index contributed by atoms with van der Waals surface area (Å²) in [6, 6.07) is 3.29. The van der Waals surface area contributed by atoms with Crippen molar-refractivity contribution in [2.75, 3.05) is 18.0 Å². The van der Waals surface area contributed by atoms with Gasteiger partial charge in [-0.15, -0.1) is 0 Å². The molecule has 1 atom stereocenters. The number of aldehydes is 1. The molecular weight excluding hydrogens is 210 g/mol. The molecular formula is C11H13NO4. The molecule has 1 saturated heterocycles. The second-order valence-electron chi connectivity index (χ2n) is 3.92. The van der Waals surface area contributed by atoms with Crippen LogP contribution in [-0.2, 0) is 4.79 Å². The third-order valence-electron chi connectivity index (χ3n) is 2.81. The number of hydrogen-bond acceptors (Lipinski definition) is 4. The van der Waals surface area contributed by atoms with E-state index in [1.54, 1.807) is 12.1 Å². The Morgan fingerprint density at radius 2 is 2.38 bits per heavy atom. The van der Waals surface area contributed by atoms with E-state index in [2.05, 4.69) is 0 Å². The summed E-state index contributed by atoms with van der Waals surface area (Å²) in [7, 11) is 0.